The summed E-state index contributed by atoms with van der Waals surface area (Å²) in [7, 11) is 0. The molecule has 39 heavy (non-hydrogen) atoms. The Morgan fingerprint density at radius 2 is 1.97 bits per heavy atom. The quantitative estimate of drug-likeness (QED) is 0.262. The second-order valence-electron chi connectivity index (χ2n) is 8.95. The van der Waals surface area contributed by atoms with Crippen LogP contribution in [0.2, 0.25) is 0 Å². The molecule has 10 nitrogen and oxygen atoms in total. The molecule has 0 saturated carbocycles. The molecule has 0 bridgehead atoms. The second kappa shape index (κ2) is 10.9. The van der Waals surface area contributed by atoms with Crippen molar-refractivity contribution in [3.05, 3.63) is 100 Å². The third kappa shape index (κ3) is 5.12. The summed E-state index contributed by atoms with van der Waals surface area (Å²) < 4.78 is 26.2. The van der Waals surface area contributed by atoms with Gasteiger partial charge in [0.05, 0.1) is 46.6 Å². The van der Waals surface area contributed by atoms with Crippen molar-refractivity contribution >= 4 is 34.8 Å². The number of morpholine rings is 1. The zero-order chi connectivity index (χ0) is 27.7. The number of allylic oxidation sites excluding steroid dienone is 1. The first-order valence-corrected chi connectivity index (χ1v) is 13.2. The number of ether oxygens (including phenoxy) is 2. The van der Waals surface area contributed by atoms with Gasteiger partial charge < -0.3 is 14.4 Å². The maximum atomic E-state index is 13.9. The number of non-ortho nitro benzene ring substituents is 1. The van der Waals surface area contributed by atoms with E-state index in [2.05, 4.69) is 9.89 Å². The van der Waals surface area contributed by atoms with Crippen LogP contribution in [0.15, 0.2) is 63.5 Å². The first-order valence-electron chi connectivity index (χ1n) is 12.3. The zero-order valence-corrected chi connectivity index (χ0v) is 22.1. The number of aromatic nitrogens is 1. The predicted octanol–water partition coefficient (Wildman–Crippen LogP) is 2.68. The van der Waals surface area contributed by atoms with E-state index in [9.17, 15) is 24.1 Å². The molecule has 0 aliphatic carbocycles. The zero-order valence-electron chi connectivity index (χ0n) is 21.3. The van der Waals surface area contributed by atoms with E-state index < -0.39 is 28.3 Å². The molecule has 1 atom stereocenters. The molecular formula is C27H25FN4O6S. The second-order valence-corrected chi connectivity index (χ2v) is 9.96. The molecule has 3 aromatic rings. The molecule has 0 amide bonds. The van der Waals surface area contributed by atoms with Crippen LogP contribution in [0.1, 0.15) is 31.0 Å². The lowest BCUT2D eigenvalue weighted by Gasteiger charge is -2.30. The van der Waals surface area contributed by atoms with Crippen molar-refractivity contribution in [1.29, 1.82) is 0 Å². The van der Waals surface area contributed by atoms with Crippen LogP contribution in [0.5, 0.6) is 0 Å². The first-order chi connectivity index (χ1) is 18.8. The Labute approximate surface area is 226 Å². The average Bonchev–Trinajstić information content (AvgIpc) is 3.23. The maximum Gasteiger partial charge on any atom is 0.338 e. The van der Waals surface area contributed by atoms with Gasteiger partial charge >= 0.3 is 5.97 Å². The highest BCUT2D eigenvalue weighted by molar-refractivity contribution is 7.07. The van der Waals surface area contributed by atoms with Crippen molar-refractivity contribution in [1.82, 2.24) is 4.57 Å². The van der Waals surface area contributed by atoms with Crippen LogP contribution in [0, 0.1) is 15.9 Å². The summed E-state index contributed by atoms with van der Waals surface area (Å²) >= 11 is 1.11. The van der Waals surface area contributed by atoms with Crippen molar-refractivity contribution in [2.75, 3.05) is 37.8 Å². The monoisotopic (exact) mass is 552 g/mol. The van der Waals surface area contributed by atoms with Crippen LogP contribution in [0.4, 0.5) is 15.8 Å². The number of halogens is 1. The van der Waals surface area contributed by atoms with Gasteiger partial charge in [0.25, 0.3) is 11.2 Å². The number of thiazole rings is 1. The number of nitrogens with zero attached hydrogens (tertiary/aromatic N) is 4. The summed E-state index contributed by atoms with van der Waals surface area (Å²) in [4.78, 5) is 44.9. The Kier molecular flexibility index (Phi) is 7.40. The summed E-state index contributed by atoms with van der Waals surface area (Å²) in [6.45, 7) is 5.72. The number of hydrogen-bond acceptors (Lipinski definition) is 9. The van der Waals surface area contributed by atoms with Gasteiger partial charge in [-0.15, -0.1) is 0 Å². The summed E-state index contributed by atoms with van der Waals surface area (Å²) in [6, 6.07) is 9.24. The van der Waals surface area contributed by atoms with E-state index in [4.69, 9.17) is 9.47 Å². The van der Waals surface area contributed by atoms with Gasteiger partial charge in [0.1, 0.15) is 5.82 Å². The normalized spacial score (nSPS) is 17.6. The lowest BCUT2D eigenvalue weighted by atomic mass is 9.96. The largest absolute Gasteiger partial charge is 0.463 e. The van der Waals surface area contributed by atoms with Crippen LogP contribution in [0.3, 0.4) is 0 Å². The van der Waals surface area contributed by atoms with E-state index in [1.165, 1.54) is 41.0 Å². The number of rotatable bonds is 6. The molecule has 0 spiro atoms. The fourth-order valence-electron chi connectivity index (χ4n) is 4.76. The van der Waals surface area contributed by atoms with E-state index in [1.807, 2.05) is 0 Å². The fourth-order valence-corrected chi connectivity index (χ4v) is 5.79. The molecule has 1 aromatic heterocycles. The third-order valence-electron chi connectivity index (χ3n) is 6.56. The Bertz CT molecular complexity index is 1650. The van der Waals surface area contributed by atoms with Crippen LogP contribution >= 0.6 is 11.3 Å². The number of nitro benzene ring substituents is 1. The smallest absolute Gasteiger partial charge is 0.338 e. The minimum atomic E-state index is -0.883. The standard InChI is InChI=1S/C27H25FN4O6S/c1-3-38-26(34)23-16(2)29-27-31(24(23)17-4-6-19(28)7-5-17)25(33)22(39-27)15-18-14-20(32(35)36)8-9-21(18)30-10-12-37-13-11-30/h4-9,14-15,24H,3,10-13H2,1-2H3/b22-15-. The summed E-state index contributed by atoms with van der Waals surface area (Å²) in [5.41, 5.74) is 1.82. The Balaban J connectivity index is 1.71. The molecule has 0 N–H and O–H groups in total. The fraction of sp³-hybridized carbons (Fsp3) is 0.296. The van der Waals surface area contributed by atoms with Gasteiger partial charge in [0.2, 0.25) is 0 Å². The highest BCUT2D eigenvalue weighted by Gasteiger charge is 2.33. The minimum absolute atomic E-state index is 0.101. The lowest BCUT2D eigenvalue weighted by molar-refractivity contribution is -0.384. The van der Waals surface area contributed by atoms with Gasteiger partial charge in [-0.2, -0.15) is 0 Å². The molecule has 1 fully saturated rings. The molecule has 3 heterocycles. The van der Waals surface area contributed by atoms with E-state index in [0.29, 0.717) is 47.9 Å². The summed E-state index contributed by atoms with van der Waals surface area (Å²) in [6.07, 6.45) is 1.62. The van der Waals surface area contributed by atoms with E-state index in [-0.39, 0.29) is 22.4 Å². The maximum absolute atomic E-state index is 13.9. The number of carbonyl (C=O) groups is 1. The Morgan fingerprint density at radius 3 is 2.64 bits per heavy atom. The highest BCUT2D eigenvalue weighted by Crippen LogP contribution is 2.31. The number of anilines is 1. The molecule has 5 rings (SSSR count). The number of carbonyl (C=O) groups excluding carboxylic acids is 1. The van der Waals surface area contributed by atoms with Crippen LogP contribution in [0.25, 0.3) is 6.08 Å². The first kappa shape index (κ1) is 26.4. The van der Waals surface area contributed by atoms with Gasteiger partial charge in [-0.3, -0.25) is 19.5 Å². The van der Waals surface area contributed by atoms with Gasteiger partial charge in [0.15, 0.2) is 4.80 Å². The number of esters is 1. The number of fused-ring (bicyclic) bond motifs is 1. The van der Waals surface area contributed by atoms with Gasteiger partial charge in [-0.25, -0.2) is 14.2 Å². The third-order valence-corrected chi connectivity index (χ3v) is 7.55. The van der Waals surface area contributed by atoms with E-state index in [1.54, 1.807) is 26.0 Å². The Morgan fingerprint density at radius 1 is 1.26 bits per heavy atom. The minimum Gasteiger partial charge on any atom is -0.463 e. The molecule has 2 aliphatic rings. The lowest BCUT2D eigenvalue weighted by Crippen LogP contribution is -2.40. The molecule has 12 heteroatoms. The van der Waals surface area contributed by atoms with E-state index in [0.717, 1.165) is 17.0 Å². The van der Waals surface area contributed by atoms with Crippen LogP contribution in [-0.2, 0) is 14.3 Å². The number of nitro groups is 1. The van der Waals surface area contributed by atoms with Crippen molar-refractivity contribution in [2.45, 2.75) is 19.9 Å². The van der Waals surface area contributed by atoms with Crippen molar-refractivity contribution in [2.24, 2.45) is 4.99 Å². The molecule has 202 valence electrons. The molecule has 1 saturated heterocycles. The van der Waals surface area contributed by atoms with Crippen molar-refractivity contribution in [3.63, 3.8) is 0 Å². The molecule has 2 aliphatic heterocycles. The molecule has 2 aromatic carbocycles. The molecular weight excluding hydrogens is 527 g/mol. The summed E-state index contributed by atoms with van der Waals surface area (Å²) in [5, 5.41) is 11.5. The van der Waals surface area contributed by atoms with Crippen LogP contribution in [-0.4, -0.2) is 48.4 Å². The molecule has 1 unspecified atom stereocenters. The van der Waals surface area contributed by atoms with E-state index >= 15 is 0 Å². The van der Waals surface area contributed by atoms with Crippen molar-refractivity contribution < 1.29 is 23.6 Å². The van der Waals surface area contributed by atoms with Gasteiger partial charge in [0, 0.05) is 36.5 Å². The average molecular weight is 553 g/mol. The topological polar surface area (TPSA) is 116 Å². The highest BCUT2D eigenvalue weighted by atomic mass is 32.1. The predicted molar refractivity (Wildman–Crippen MR) is 143 cm³/mol. The van der Waals surface area contributed by atoms with Gasteiger partial charge in [-0.1, -0.05) is 23.5 Å². The Hall–Kier alpha value is -4.16. The SMILES string of the molecule is CCOC(=O)C1=C(C)N=c2s/c(=C\c3cc([N+](=O)[O-])ccc3N3CCOCC3)c(=O)n2C1c1ccc(F)cc1. The molecule has 0 radical (unpaired) electrons. The van der Waals surface area contributed by atoms with Crippen molar-refractivity contribution in [3.8, 4) is 0 Å². The summed E-state index contributed by atoms with van der Waals surface area (Å²) in [5.74, 6) is -1.07. The van der Waals surface area contributed by atoms with Crippen LogP contribution < -0.4 is 19.8 Å². The number of hydrogen-bond donors (Lipinski definition) is 0. The number of benzene rings is 2. The van der Waals surface area contributed by atoms with Gasteiger partial charge in [-0.05, 0) is 43.7 Å².